The van der Waals surface area contributed by atoms with Crippen molar-refractivity contribution in [2.75, 3.05) is 12.8 Å². The fourth-order valence-electron chi connectivity index (χ4n) is 1.75. The fraction of sp³-hybridized carbons (Fsp3) is 0.267. The molecule has 0 aliphatic carbocycles. The first-order chi connectivity index (χ1) is 11.3. The van der Waals surface area contributed by atoms with E-state index in [-0.39, 0.29) is 17.6 Å². The van der Waals surface area contributed by atoms with Gasteiger partial charge in [0, 0.05) is 25.3 Å². The van der Waals surface area contributed by atoms with Gasteiger partial charge in [0.05, 0.1) is 0 Å². The van der Waals surface area contributed by atoms with Crippen LogP contribution in [0, 0.1) is 5.82 Å². The zero-order valence-electron chi connectivity index (χ0n) is 12.9. The maximum absolute atomic E-state index is 12.7. The number of nitrogens with one attached hydrogen (secondary N) is 1. The third-order valence-corrected chi connectivity index (χ3v) is 3.73. The predicted molar refractivity (Wildman–Crippen MR) is 84.2 cm³/mol. The molecule has 1 aromatic heterocycles. The number of aromatic nitrogens is 2. The molecular weight excluding hydrogens is 337 g/mol. The van der Waals surface area contributed by atoms with E-state index < -0.39 is 15.1 Å². The molecule has 0 atom stereocenters. The molecule has 2 aromatic rings. The molecule has 7 nitrogen and oxygen atoms in total. The van der Waals surface area contributed by atoms with E-state index in [4.69, 9.17) is 4.42 Å². The molecule has 2 rings (SSSR count). The fourth-order valence-corrected chi connectivity index (χ4v) is 2.18. The molecule has 0 saturated heterocycles. The summed E-state index contributed by atoms with van der Waals surface area (Å²) >= 11 is 0. The summed E-state index contributed by atoms with van der Waals surface area (Å²) in [6.45, 7) is 0.364. The zero-order chi connectivity index (χ0) is 17.6. The third-order valence-electron chi connectivity index (χ3n) is 2.93. The van der Waals surface area contributed by atoms with Crippen LogP contribution in [0.2, 0.25) is 0 Å². The molecule has 1 amide bonds. The minimum Gasteiger partial charge on any atom is -0.413 e. The first-order valence-corrected chi connectivity index (χ1v) is 8.97. The van der Waals surface area contributed by atoms with Crippen molar-refractivity contribution in [3.05, 3.63) is 47.6 Å². The van der Waals surface area contributed by atoms with E-state index in [2.05, 4.69) is 15.5 Å². The molecule has 0 fully saturated rings. The summed E-state index contributed by atoms with van der Waals surface area (Å²) in [5.74, 6) is -0.426. The molecule has 0 aliphatic heterocycles. The summed E-state index contributed by atoms with van der Waals surface area (Å²) in [6, 6.07) is 5.75. The Morgan fingerprint density at radius 3 is 2.62 bits per heavy atom. The molecule has 1 aromatic carbocycles. The van der Waals surface area contributed by atoms with Crippen molar-refractivity contribution in [3.8, 4) is 0 Å². The second-order valence-electron chi connectivity index (χ2n) is 5.01. The van der Waals surface area contributed by atoms with Crippen LogP contribution in [0.4, 0.5) is 4.39 Å². The van der Waals surface area contributed by atoms with Gasteiger partial charge in [-0.05, 0) is 30.2 Å². The highest BCUT2D eigenvalue weighted by Gasteiger charge is 2.16. The number of amides is 1. The number of carbonyl (C=O) groups excluding carboxylic acids is 1. The summed E-state index contributed by atoms with van der Waals surface area (Å²) < 4.78 is 40.1. The summed E-state index contributed by atoms with van der Waals surface area (Å²) in [4.78, 5) is 11.6. The van der Waals surface area contributed by atoms with Crippen LogP contribution in [0.1, 0.15) is 17.9 Å². The highest BCUT2D eigenvalue weighted by atomic mass is 32.2. The van der Waals surface area contributed by atoms with Gasteiger partial charge in [0.1, 0.15) is 5.82 Å². The lowest BCUT2D eigenvalue weighted by molar-refractivity contribution is -0.116. The molecule has 128 valence electrons. The van der Waals surface area contributed by atoms with E-state index in [1.807, 2.05) is 0 Å². The van der Waals surface area contributed by atoms with Crippen molar-refractivity contribution >= 4 is 21.8 Å². The van der Waals surface area contributed by atoms with Crippen LogP contribution in [0.15, 0.2) is 40.0 Å². The molecule has 0 unspecified atom stereocenters. The van der Waals surface area contributed by atoms with E-state index in [0.29, 0.717) is 24.9 Å². The lowest BCUT2D eigenvalue weighted by Gasteiger charge is -2.00. The quantitative estimate of drug-likeness (QED) is 0.596. The molecule has 0 bridgehead atoms. The Bertz CT molecular complexity index is 829. The van der Waals surface area contributed by atoms with Crippen LogP contribution >= 0.6 is 0 Å². The van der Waals surface area contributed by atoms with Crippen molar-refractivity contribution in [1.82, 2.24) is 15.5 Å². The number of nitrogens with zero attached hydrogens (tertiary/aromatic N) is 2. The molecule has 0 aliphatic rings. The molecule has 0 radical (unpaired) electrons. The van der Waals surface area contributed by atoms with Gasteiger partial charge in [-0.2, -0.15) is 0 Å². The highest BCUT2D eigenvalue weighted by Crippen LogP contribution is 2.08. The Labute approximate surface area is 138 Å². The minimum atomic E-state index is -3.51. The number of sulfone groups is 1. The minimum absolute atomic E-state index is 0.200. The lowest BCUT2D eigenvalue weighted by Crippen LogP contribution is -2.22. The van der Waals surface area contributed by atoms with Crippen LogP contribution in [0.3, 0.4) is 0 Å². The van der Waals surface area contributed by atoms with Crippen LogP contribution < -0.4 is 5.32 Å². The van der Waals surface area contributed by atoms with Gasteiger partial charge in [-0.15, -0.1) is 5.10 Å². The first kappa shape index (κ1) is 17.8. The molecule has 24 heavy (non-hydrogen) atoms. The van der Waals surface area contributed by atoms with E-state index in [9.17, 15) is 17.6 Å². The predicted octanol–water partition coefficient (Wildman–Crippen LogP) is 1.37. The van der Waals surface area contributed by atoms with Crippen molar-refractivity contribution in [2.45, 2.75) is 18.1 Å². The Hall–Kier alpha value is -2.55. The molecule has 1 heterocycles. The average molecular weight is 353 g/mol. The van der Waals surface area contributed by atoms with Gasteiger partial charge in [-0.3, -0.25) is 4.79 Å². The highest BCUT2D eigenvalue weighted by molar-refractivity contribution is 7.90. The van der Waals surface area contributed by atoms with Gasteiger partial charge in [0.25, 0.3) is 0 Å². The standard InChI is InChI=1S/C15H16FN3O4S/c1-24(21,22)15-19-18-14(23-15)3-2-10-17-13(20)9-6-11-4-7-12(16)8-5-11/h4-9H,2-3,10H2,1H3,(H,17,20)/b9-6+. The first-order valence-electron chi connectivity index (χ1n) is 7.08. The van der Waals surface area contributed by atoms with Crippen molar-refractivity contribution in [3.63, 3.8) is 0 Å². The number of benzene rings is 1. The smallest absolute Gasteiger partial charge is 0.335 e. The van der Waals surface area contributed by atoms with Gasteiger partial charge in [0.15, 0.2) is 0 Å². The molecule has 9 heteroatoms. The van der Waals surface area contributed by atoms with Gasteiger partial charge in [-0.25, -0.2) is 12.8 Å². The molecule has 1 N–H and O–H groups in total. The Balaban J connectivity index is 1.73. The average Bonchev–Trinajstić information content (AvgIpc) is 3.00. The Kier molecular flexibility index (Phi) is 5.80. The van der Waals surface area contributed by atoms with Crippen LogP contribution in [-0.4, -0.2) is 37.3 Å². The second kappa shape index (κ2) is 7.82. The van der Waals surface area contributed by atoms with E-state index in [1.165, 1.54) is 18.2 Å². The molecular formula is C15H16FN3O4S. The summed E-state index contributed by atoms with van der Waals surface area (Å²) in [6.07, 6.45) is 4.77. The Morgan fingerprint density at radius 1 is 1.29 bits per heavy atom. The summed E-state index contributed by atoms with van der Waals surface area (Å²) in [7, 11) is -3.51. The molecule has 0 spiro atoms. The number of hydrogen-bond donors (Lipinski definition) is 1. The summed E-state index contributed by atoms with van der Waals surface area (Å²) in [5, 5.41) is 9.32. The second-order valence-corrected chi connectivity index (χ2v) is 6.91. The number of carbonyl (C=O) groups is 1. The number of hydrogen-bond acceptors (Lipinski definition) is 6. The number of halogens is 1. The van der Waals surface area contributed by atoms with Crippen molar-refractivity contribution < 1.29 is 22.0 Å². The third kappa shape index (κ3) is 5.58. The monoisotopic (exact) mass is 353 g/mol. The summed E-state index contributed by atoms with van der Waals surface area (Å²) in [5.41, 5.74) is 0.714. The van der Waals surface area contributed by atoms with Crippen LogP contribution in [0.25, 0.3) is 6.08 Å². The maximum atomic E-state index is 12.7. The van der Waals surface area contributed by atoms with E-state index in [0.717, 1.165) is 6.26 Å². The number of rotatable bonds is 7. The normalized spacial score (nSPS) is 11.8. The van der Waals surface area contributed by atoms with Crippen LogP contribution in [0.5, 0.6) is 0 Å². The van der Waals surface area contributed by atoms with Crippen LogP contribution in [-0.2, 0) is 21.1 Å². The largest absolute Gasteiger partial charge is 0.413 e. The van der Waals surface area contributed by atoms with Gasteiger partial charge in [-0.1, -0.05) is 17.2 Å². The SMILES string of the molecule is CS(=O)(=O)c1nnc(CCCNC(=O)/C=C/c2ccc(F)cc2)o1. The zero-order valence-corrected chi connectivity index (χ0v) is 13.7. The number of aryl methyl sites for hydroxylation is 1. The Morgan fingerprint density at radius 2 is 2.00 bits per heavy atom. The van der Waals surface area contributed by atoms with Crippen molar-refractivity contribution in [1.29, 1.82) is 0 Å². The molecule has 0 saturated carbocycles. The van der Waals surface area contributed by atoms with Gasteiger partial charge >= 0.3 is 5.22 Å². The van der Waals surface area contributed by atoms with E-state index >= 15 is 0 Å². The van der Waals surface area contributed by atoms with Gasteiger partial charge < -0.3 is 9.73 Å². The van der Waals surface area contributed by atoms with Gasteiger partial charge in [0.2, 0.25) is 21.6 Å². The van der Waals surface area contributed by atoms with Crippen molar-refractivity contribution in [2.24, 2.45) is 0 Å². The topological polar surface area (TPSA) is 102 Å². The lowest BCUT2D eigenvalue weighted by atomic mass is 10.2. The maximum Gasteiger partial charge on any atom is 0.335 e. The van der Waals surface area contributed by atoms with E-state index in [1.54, 1.807) is 18.2 Å².